The van der Waals surface area contributed by atoms with Gasteiger partial charge in [0, 0.05) is 44.1 Å². The van der Waals surface area contributed by atoms with Crippen LogP contribution in [0.15, 0.2) is 0 Å². The number of carbonyl (C=O) groups is 1. The first-order valence-electron chi connectivity index (χ1n) is 7.82. The maximum absolute atomic E-state index is 12.1. The second-order valence-electron chi connectivity index (χ2n) is 5.79. The van der Waals surface area contributed by atoms with Crippen molar-refractivity contribution < 1.29 is 4.79 Å². The first-order chi connectivity index (χ1) is 10.3. The fourth-order valence-electron chi connectivity index (χ4n) is 2.48. The van der Waals surface area contributed by atoms with Crippen LogP contribution in [-0.4, -0.2) is 59.4 Å². The van der Waals surface area contributed by atoms with Crippen LogP contribution in [0.25, 0.3) is 0 Å². The van der Waals surface area contributed by atoms with E-state index in [2.05, 4.69) is 26.5 Å². The van der Waals surface area contributed by atoms with Crippen LogP contribution in [0.1, 0.15) is 25.6 Å². The van der Waals surface area contributed by atoms with Crippen LogP contribution in [-0.2, 0) is 11.2 Å². The summed E-state index contributed by atoms with van der Waals surface area (Å²) in [6.45, 7) is 6.82. The van der Waals surface area contributed by atoms with Crippen LogP contribution in [0.5, 0.6) is 0 Å². The fourth-order valence-corrected chi connectivity index (χ4v) is 3.28. The Bertz CT molecular complexity index is 489. The lowest BCUT2D eigenvalue weighted by molar-refractivity contribution is -0.130. The van der Waals surface area contributed by atoms with Gasteiger partial charge < -0.3 is 15.1 Å². The molecular formula is C14H25Cl2N5OS. The van der Waals surface area contributed by atoms with Gasteiger partial charge in [0.05, 0.1) is 6.54 Å². The van der Waals surface area contributed by atoms with Gasteiger partial charge in [0.25, 0.3) is 0 Å². The number of halogens is 2. The molecule has 132 valence electrons. The molecule has 23 heavy (non-hydrogen) atoms. The molecule has 0 unspecified atom stereocenters. The molecule has 6 nitrogen and oxygen atoms in total. The first-order valence-corrected chi connectivity index (χ1v) is 8.59. The summed E-state index contributed by atoms with van der Waals surface area (Å²) in [4.78, 5) is 20.8. The maximum Gasteiger partial charge on any atom is 0.236 e. The molecule has 0 radical (unpaired) electrons. The highest BCUT2D eigenvalue weighted by Gasteiger charge is 2.24. The summed E-state index contributed by atoms with van der Waals surface area (Å²) in [5, 5.41) is 4.26. The lowest BCUT2D eigenvalue weighted by atomic mass is 10.3. The molecular weight excluding hydrogens is 357 g/mol. The Morgan fingerprint density at radius 1 is 1.26 bits per heavy atom. The van der Waals surface area contributed by atoms with Gasteiger partial charge in [-0.05, 0) is 25.3 Å². The highest BCUT2D eigenvalue weighted by atomic mass is 35.5. The molecule has 0 bridgehead atoms. The van der Waals surface area contributed by atoms with Crippen molar-refractivity contribution in [3.05, 3.63) is 5.82 Å². The quantitative estimate of drug-likeness (QED) is 0.810. The van der Waals surface area contributed by atoms with E-state index in [9.17, 15) is 4.79 Å². The first kappa shape index (κ1) is 20.4. The fraction of sp³-hybridized carbons (Fsp3) is 0.786. The van der Waals surface area contributed by atoms with E-state index < -0.39 is 0 Å². The highest BCUT2D eigenvalue weighted by Crippen LogP contribution is 2.27. The molecule has 2 heterocycles. The van der Waals surface area contributed by atoms with E-state index in [1.807, 2.05) is 4.90 Å². The average molecular weight is 382 g/mol. The van der Waals surface area contributed by atoms with Crippen LogP contribution in [0.4, 0.5) is 5.13 Å². The van der Waals surface area contributed by atoms with E-state index in [0.717, 1.165) is 56.0 Å². The van der Waals surface area contributed by atoms with Crippen LogP contribution >= 0.6 is 36.3 Å². The molecule has 1 aromatic heterocycles. The van der Waals surface area contributed by atoms with Gasteiger partial charge in [0.1, 0.15) is 5.82 Å². The van der Waals surface area contributed by atoms with E-state index in [1.165, 1.54) is 24.4 Å². The van der Waals surface area contributed by atoms with Gasteiger partial charge in [0.15, 0.2) is 0 Å². The number of hydrogen-bond donors (Lipinski definition) is 1. The predicted octanol–water partition coefficient (Wildman–Crippen LogP) is 1.59. The van der Waals surface area contributed by atoms with Crippen molar-refractivity contribution in [2.45, 2.75) is 26.2 Å². The molecule has 1 aromatic rings. The minimum atomic E-state index is 0. The van der Waals surface area contributed by atoms with Gasteiger partial charge >= 0.3 is 0 Å². The molecule has 3 rings (SSSR count). The van der Waals surface area contributed by atoms with Gasteiger partial charge in [-0.15, -0.1) is 24.8 Å². The number of amides is 1. The molecule has 1 aliphatic heterocycles. The van der Waals surface area contributed by atoms with E-state index >= 15 is 0 Å². The van der Waals surface area contributed by atoms with Crippen molar-refractivity contribution in [1.29, 1.82) is 0 Å². The number of nitrogens with one attached hydrogen (secondary N) is 1. The van der Waals surface area contributed by atoms with E-state index in [4.69, 9.17) is 0 Å². The second kappa shape index (κ2) is 9.61. The van der Waals surface area contributed by atoms with Crippen molar-refractivity contribution in [2.24, 2.45) is 5.92 Å². The summed E-state index contributed by atoms with van der Waals surface area (Å²) in [6.07, 6.45) is 3.52. The van der Waals surface area contributed by atoms with Crippen molar-refractivity contribution in [3.8, 4) is 0 Å². The van der Waals surface area contributed by atoms with Crippen LogP contribution in [0.3, 0.4) is 0 Å². The number of anilines is 1. The van der Waals surface area contributed by atoms with Gasteiger partial charge in [-0.1, -0.05) is 6.92 Å². The number of carbonyl (C=O) groups excluding carboxylic acids is 1. The van der Waals surface area contributed by atoms with E-state index in [1.54, 1.807) is 0 Å². The summed E-state index contributed by atoms with van der Waals surface area (Å²) in [5.74, 6) is 1.96. The molecule has 1 amide bonds. The molecule has 0 atom stereocenters. The molecule has 1 saturated carbocycles. The zero-order chi connectivity index (χ0) is 14.7. The zero-order valence-electron chi connectivity index (χ0n) is 13.4. The molecule has 0 spiro atoms. The Kier molecular flexibility index (Phi) is 8.53. The number of hydrogen-bond acceptors (Lipinski definition) is 6. The molecule has 9 heteroatoms. The minimum absolute atomic E-state index is 0. The summed E-state index contributed by atoms with van der Waals surface area (Å²) in [7, 11) is 0. The summed E-state index contributed by atoms with van der Waals surface area (Å²) in [5.41, 5.74) is 0. The zero-order valence-corrected chi connectivity index (χ0v) is 15.8. The number of rotatable bonds is 6. The van der Waals surface area contributed by atoms with Crippen molar-refractivity contribution in [1.82, 2.24) is 19.6 Å². The van der Waals surface area contributed by atoms with Crippen LogP contribution < -0.4 is 10.2 Å². The molecule has 1 N–H and O–H groups in total. The normalized spacial score (nSPS) is 17.4. The maximum atomic E-state index is 12.1. The third-order valence-corrected chi connectivity index (χ3v) is 4.90. The smallest absolute Gasteiger partial charge is 0.236 e. The Morgan fingerprint density at radius 2 is 1.96 bits per heavy atom. The highest BCUT2D eigenvalue weighted by molar-refractivity contribution is 7.09. The number of aromatic nitrogens is 2. The van der Waals surface area contributed by atoms with Crippen molar-refractivity contribution in [3.63, 3.8) is 0 Å². The SMILES string of the molecule is CCc1nsc(N2CCN(C(=O)CNCC3CC3)CC2)n1.Cl.Cl. The average Bonchev–Trinajstić information content (AvgIpc) is 3.21. The van der Waals surface area contributed by atoms with Crippen LogP contribution in [0.2, 0.25) is 0 Å². The predicted molar refractivity (Wildman–Crippen MR) is 98.2 cm³/mol. The number of aryl methyl sites for hydroxylation is 1. The Hall–Kier alpha value is -0.630. The summed E-state index contributed by atoms with van der Waals surface area (Å²) < 4.78 is 4.33. The third kappa shape index (κ3) is 5.74. The minimum Gasteiger partial charge on any atom is -0.343 e. The van der Waals surface area contributed by atoms with E-state index in [0.29, 0.717) is 6.54 Å². The van der Waals surface area contributed by atoms with Crippen LogP contribution in [0, 0.1) is 5.92 Å². The topological polar surface area (TPSA) is 61.4 Å². The molecule has 1 saturated heterocycles. The molecule has 2 aliphatic rings. The van der Waals surface area contributed by atoms with Gasteiger partial charge in [-0.2, -0.15) is 4.37 Å². The largest absolute Gasteiger partial charge is 0.343 e. The standard InChI is InChI=1S/C14H23N5OS.2ClH/c1-2-12-16-14(21-17-12)19-7-5-18(6-8-19)13(20)10-15-9-11-3-4-11;;/h11,15H,2-10H2,1H3;2*1H. The lowest BCUT2D eigenvalue weighted by Gasteiger charge is -2.34. The molecule has 0 aromatic carbocycles. The monoisotopic (exact) mass is 381 g/mol. The Balaban J connectivity index is 0.00000132. The van der Waals surface area contributed by atoms with E-state index in [-0.39, 0.29) is 30.7 Å². The number of nitrogens with zero attached hydrogens (tertiary/aromatic N) is 4. The molecule has 2 fully saturated rings. The Labute approximate surface area is 154 Å². The van der Waals surface area contributed by atoms with Gasteiger partial charge in [0.2, 0.25) is 11.0 Å². The lowest BCUT2D eigenvalue weighted by Crippen LogP contribution is -2.51. The summed E-state index contributed by atoms with van der Waals surface area (Å²) >= 11 is 1.46. The number of piperazine rings is 1. The third-order valence-electron chi connectivity index (χ3n) is 4.08. The van der Waals surface area contributed by atoms with Crippen molar-refractivity contribution >= 4 is 47.4 Å². The van der Waals surface area contributed by atoms with Crippen molar-refractivity contribution in [2.75, 3.05) is 44.2 Å². The van der Waals surface area contributed by atoms with Gasteiger partial charge in [-0.3, -0.25) is 4.79 Å². The summed E-state index contributed by atoms with van der Waals surface area (Å²) in [6, 6.07) is 0. The second-order valence-corrected chi connectivity index (χ2v) is 6.52. The van der Waals surface area contributed by atoms with Gasteiger partial charge in [-0.25, -0.2) is 4.98 Å². The Morgan fingerprint density at radius 3 is 2.52 bits per heavy atom. The molecule has 1 aliphatic carbocycles.